The van der Waals surface area contributed by atoms with Gasteiger partial charge in [-0.3, -0.25) is 9.48 Å². The van der Waals surface area contributed by atoms with Crippen LogP contribution in [0.4, 0.5) is 0 Å². The van der Waals surface area contributed by atoms with Crippen molar-refractivity contribution in [3.8, 4) is 0 Å². The Labute approximate surface area is 76.9 Å². The van der Waals surface area contributed by atoms with Crippen LogP contribution in [0.1, 0.15) is 25.5 Å². The van der Waals surface area contributed by atoms with Crippen molar-refractivity contribution >= 4 is 5.91 Å². The number of amides is 1. The van der Waals surface area contributed by atoms with Gasteiger partial charge < -0.3 is 5.32 Å². The highest BCUT2D eigenvalue weighted by Gasteiger charge is 2.48. The summed E-state index contributed by atoms with van der Waals surface area (Å²) in [4.78, 5) is 11.2. The van der Waals surface area contributed by atoms with Gasteiger partial charge in [-0.25, -0.2) is 0 Å². The van der Waals surface area contributed by atoms with E-state index in [2.05, 4.69) is 10.4 Å². The SMILES string of the molecule is Cn1cc([C@@H]2NC(=O)C2(C)C)cn1. The topological polar surface area (TPSA) is 46.9 Å². The van der Waals surface area contributed by atoms with E-state index in [9.17, 15) is 4.79 Å². The fourth-order valence-electron chi connectivity index (χ4n) is 1.64. The molecule has 70 valence electrons. The Morgan fingerprint density at radius 2 is 2.31 bits per heavy atom. The quantitative estimate of drug-likeness (QED) is 0.642. The largest absolute Gasteiger partial charge is 0.348 e. The van der Waals surface area contributed by atoms with Gasteiger partial charge >= 0.3 is 0 Å². The number of carbonyl (C=O) groups excluding carboxylic acids is 1. The second kappa shape index (κ2) is 2.34. The summed E-state index contributed by atoms with van der Waals surface area (Å²) in [5, 5.41) is 6.95. The molecule has 2 heterocycles. The van der Waals surface area contributed by atoms with Gasteiger partial charge in [0.25, 0.3) is 0 Å². The van der Waals surface area contributed by atoms with E-state index in [-0.39, 0.29) is 17.4 Å². The fraction of sp³-hybridized carbons (Fsp3) is 0.556. The van der Waals surface area contributed by atoms with Crippen molar-refractivity contribution in [2.24, 2.45) is 12.5 Å². The lowest BCUT2D eigenvalue weighted by atomic mass is 9.74. The summed E-state index contributed by atoms with van der Waals surface area (Å²) in [5.41, 5.74) is 0.787. The predicted octanol–water partition coefficient (Wildman–Crippen LogP) is 0.617. The molecule has 4 heteroatoms. The number of nitrogens with zero attached hydrogens (tertiary/aromatic N) is 2. The molecule has 1 aliphatic rings. The Morgan fingerprint density at radius 1 is 1.62 bits per heavy atom. The first-order valence-electron chi connectivity index (χ1n) is 4.31. The molecule has 1 aromatic rings. The maximum Gasteiger partial charge on any atom is 0.228 e. The van der Waals surface area contributed by atoms with Crippen molar-refractivity contribution < 1.29 is 4.79 Å². The molecule has 1 fully saturated rings. The van der Waals surface area contributed by atoms with Crippen LogP contribution in [0.3, 0.4) is 0 Å². The first-order valence-corrected chi connectivity index (χ1v) is 4.31. The van der Waals surface area contributed by atoms with E-state index in [1.165, 1.54) is 0 Å². The summed E-state index contributed by atoms with van der Waals surface area (Å²) < 4.78 is 1.75. The number of aryl methyl sites for hydroxylation is 1. The predicted molar refractivity (Wildman–Crippen MR) is 47.9 cm³/mol. The average Bonchev–Trinajstić information content (AvgIpc) is 2.47. The number of hydrogen-bond acceptors (Lipinski definition) is 2. The van der Waals surface area contributed by atoms with E-state index in [0.29, 0.717) is 0 Å². The second-order valence-corrected chi connectivity index (χ2v) is 4.08. The van der Waals surface area contributed by atoms with Gasteiger partial charge in [-0.2, -0.15) is 5.10 Å². The van der Waals surface area contributed by atoms with E-state index >= 15 is 0 Å². The summed E-state index contributed by atoms with van der Waals surface area (Å²) in [5.74, 6) is 0.112. The zero-order chi connectivity index (χ0) is 9.64. The van der Waals surface area contributed by atoms with Crippen LogP contribution in [-0.2, 0) is 11.8 Å². The van der Waals surface area contributed by atoms with E-state index in [1.54, 1.807) is 10.9 Å². The number of β-lactam (4-membered cyclic amide) rings is 1. The molecule has 0 aromatic carbocycles. The van der Waals surface area contributed by atoms with Crippen molar-refractivity contribution in [1.82, 2.24) is 15.1 Å². The van der Waals surface area contributed by atoms with Crippen LogP contribution < -0.4 is 5.32 Å². The van der Waals surface area contributed by atoms with E-state index in [0.717, 1.165) is 5.56 Å². The monoisotopic (exact) mass is 179 g/mol. The summed E-state index contributed by atoms with van der Waals surface area (Å²) in [6, 6.07) is 0.119. The highest BCUT2D eigenvalue weighted by molar-refractivity contribution is 5.89. The Morgan fingerprint density at radius 3 is 2.69 bits per heavy atom. The molecular formula is C9H13N3O. The Bertz CT molecular complexity index is 353. The maximum absolute atomic E-state index is 11.2. The molecule has 0 bridgehead atoms. The van der Waals surface area contributed by atoms with Crippen molar-refractivity contribution in [3.63, 3.8) is 0 Å². The van der Waals surface area contributed by atoms with Gasteiger partial charge in [0.05, 0.1) is 17.7 Å². The molecule has 0 unspecified atom stereocenters. The van der Waals surface area contributed by atoms with Crippen molar-refractivity contribution in [2.45, 2.75) is 19.9 Å². The van der Waals surface area contributed by atoms with Crippen LogP contribution >= 0.6 is 0 Å². The Balaban J connectivity index is 2.26. The summed E-state index contributed by atoms with van der Waals surface area (Å²) >= 11 is 0. The Kier molecular flexibility index (Phi) is 1.49. The van der Waals surface area contributed by atoms with Crippen LogP contribution in [0.5, 0.6) is 0 Å². The molecule has 0 aliphatic carbocycles. The molecule has 1 amide bonds. The summed E-state index contributed by atoms with van der Waals surface area (Å²) in [7, 11) is 1.87. The fourth-order valence-corrected chi connectivity index (χ4v) is 1.64. The summed E-state index contributed by atoms with van der Waals surface area (Å²) in [6.07, 6.45) is 3.73. The van der Waals surface area contributed by atoms with E-state index in [4.69, 9.17) is 0 Å². The third-order valence-electron chi connectivity index (χ3n) is 2.64. The number of carbonyl (C=O) groups is 1. The first-order chi connectivity index (χ1) is 6.01. The molecule has 1 aromatic heterocycles. The van der Waals surface area contributed by atoms with Crippen LogP contribution in [-0.4, -0.2) is 15.7 Å². The van der Waals surface area contributed by atoms with Gasteiger partial charge in [0, 0.05) is 18.8 Å². The van der Waals surface area contributed by atoms with Gasteiger partial charge in [-0.15, -0.1) is 0 Å². The van der Waals surface area contributed by atoms with Crippen LogP contribution in [0, 0.1) is 5.41 Å². The summed E-state index contributed by atoms with van der Waals surface area (Å²) in [6.45, 7) is 3.90. The standard InChI is InChI=1S/C9H13N3O/c1-9(2)7(11-8(9)13)6-4-10-12(3)5-6/h4-5,7H,1-3H3,(H,11,13)/t7-/m0/s1. The second-order valence-electron chi connectivity index (χ2n) is 4.08. The first kappa shape index (κ1) is 8.29. The van der Waals surface area contributed by atoms with Crippen LogP contribution in [0.2, 0.25) is 0 Å². The zero-order valence-corrected chi connectivity index (χ0v) is 8.03. The molecule has 4 nitrogen and oxygen atoms in total. The lowest BCUT2D eigenvalue weighted by Crippen LogP contribution is -2.57. The van der Waals surface area contributed by atoms with E-state index < -0.39 is 0 Å². The highest BCUT2D eigenvalue weighted by atomic mass is 16.2. The van der Waals surface area contributed by atoms with Gasteiger partial charge in [-0.1, -0.05) is 0 Å². The zero-order valence-electron chi connectivity index (χ0n) is 8.03. The average molecular weight is 179 g/mol. The van der Waals surface area contributed by atoms with Gasteiger partial charge in [-0.05, 0) is 13.8 Å². The third kappa shape index (κ3) is 1.05. The number of nitrogens with one attached hydrogen (secondary N) is 1. The molecule has 0 saturated carbocycles. The van der Waals surface area contributed by atoms with Gasteiger partial charge in [0.1, 0.15) is 0 Å². The van der Waals surface area contributed by atoms with Crippen molar-refractivity contribution in [1.29, 1.82) is 0 Å². The maximum atomic E-state index is 11.2. The molecule has 1 aliphatic heterocycles. The Hall–Kier alpha value is -1.32. The minimum absolute atomic E-state index is 0.112. The minimum atomic E-state index is -0.289. The van der Waals surface area contributed by atoms with Gasteiger partial charge in [0.15, 0.2) is 0 Å². The number of rotatable bonds is 1. The molecule has 13 heavy (non-hydrogen) atoms. The van der Waals surface area contributed by atoms with Crippen molar-refractivity contribution in [3.05, 3.63) is 18.0 Å². The molecule has 0 spiro atoms. The minimum Gasteiger partial charge on any atom is -0.348 e. The molecule has 1 atom stereocenters. The molecule has 1 saturated heterocycles. The molecular weight excluding hydrogens is 166 g/mol. The normalized spacial score (nSPS) is 25.2. The smallest absolute Gasteiger partial charge is 0.228 e. The van der Waals surface area contributed by atoms with Crippen LogP contribution in [0.25, 0.3) is 0 Å². The molecule has 2 rings (SSSR count). The van der Waals surface area contributed by atoms with Crippen molar-refractivity contribution in [2.75, 3.05) is 0 Å². The van der Waals surface area contributed by atoms with E-state index in [1.807, 2.05) is 27.1 Å². The lowest BCUT2D eigenvalue weighted by Gasteiger charge is -2.43. The lowest BCUT2D eigenvalue weighted by molar-refractivity contribution is -0.143. The number of aromatic nitrogens is 2. The molecule has 1 N–H and O–H groups in total. The highest BCUT2D eigenvalue weighted by Crippen LogP contribution is 2.40. The number of hydrogen-bond donors (Lipinski definition) is 1. The van der Waals surface area contributed by atoms with Gasteiger partial charge in [0.2, 0.25) is 5.91 Å². The van der Waals surface area contributed by atoms with Crippen LogP contribution in [0.15, 0.2) is 12.4 Å². The third-order valence-corrected chi connectivity index (χ3v) is 2.64. The molecule has 0 radical (unpaired) electrons.